The number of carbonyl (C=O) groups is 1. The van der Waals surface area contributed by atoms with Crippen LogP contribution in [0.3, 0.4) is 0 Å². The van der Waals surface area contributed by atoms with Gasteiger partial charge in [0.1, 0.15) is 5.75 Å². The van der Waals surface area contributed by atoms with Crippen molar-refractivity contribution in [2.24, 2.45) is 28.3 Å². The normalized spacial score (nSPS) is 32.5. The average molecular weight is 533 g/mol. The van der Waals surface area contributed by atoms with Gasteiger partial charge >= 0.3 is 0 Å². The van der Waals surface area contributed by atoms with Gasteiger partial charge in [-0.1, -0.05) is 12.1 Å². The first-order valence-electron chi connectivity index (χ1n) is 11.9. The van der Waals surface area contributed by atoms with E-state index in [1.165, 1.54) is 22.5 Å². The lowest BCUT2D eigenvalue weighted by Crippen LogP contribution is -2.45. The van der Waals surface area contributed by atoms with Crippen LogP contribution in [-0.4, -0.2) is 22.0 Å². The van der Waals surface area contributed by atoms with Crippen LogP contribution in [0.25, 0.3) is 0 Å². The van der Waals surface area contributed by atoms with E-state index in [1.54, 1.807) is 6.20 Å². The standard InChI is InChI=1S/C25H30BrN3O3S/c1-13-12-27-24(33-13)28-22(31)6-4-15-10-21(29-32)25(2)8-7-16-17(23(15)25)5-3-14-9-20(30)19(26)11-18(14)16/h9,11-12,15-17,21,23,30H,3-8,10H2,1-2H3,(H,27,28,31). The fraction of sp³-hybridized carbons (Fsp3) is 0.600. The number of phenolic OH excluding ortho intramolecular Hbond substituents is 1. The molecule has 0 aliphatic heterocycles. The van der Waals surface area contributed by atoms with Gasteiger partial charge in [0.25, 0.3) is 0 Å². The second kappa shape index (κ2) is 8.77. The van der Waals surface area contributed by atoms with Gasteiger partial charge in [-0.3, -0.25) is 4.79 Å². The lowest BCUT2D eigenvalue weighted by Gasteiger charge is -2.51. The van der Waals surface area contributed by atoms with Crippen molar-refractivity contribution in [1.82, 2.24) is 4.98 Å². The number of aryl methyl sites for hydroxylation is 2. The molecule has 6 atom stereocenters. The van der Waals surface area contributed by atoms with Crippen molar-refractivity contribution in [3.63, 3.8) is 0 Å². The monoisotopic (exact) mass is 531 g/mol. The van der Waals surface area contributed by atoms with Crippen LogP contribution in [0.4, 0.5) is 5.13 Å². The van der Waals surface area contributed by atoms with Gasteiger partial charge in [0, 0.05) is 17.5 Å². The molecule has 1 amide bonds. The van der Waals surface area contributed by atoms with E-state index in [0.29, 0.717) is 41.0 Å². The zero-order chi connectivity index (χ0) is 23.3. The number of hydrogen-bond acceptors (Lipinski definition) is 6. The van der Waals surface area contributed by atoms with Crippen molar-refractivity contribution in [3.8, 4) is 5.75 Å². The van der Waals surface area contributed by atoms with Crippen LogP contribution in [0, 0.1) is 35.0 Å². The van der Waals surface area contributed by atoms with E-state index in [9.17, 15) is 14.8 Å². The van der Waals surface area contributed by atoms with Crippen LogP contribution in [0.2, 0.25) is 0 Å². The molecule has 2 fully saturated rings. The third kappa shape index (κ3) is 4.03. The number of thiazole rings is 1. The van der Waals surface area contributed by atoms with Crippen LogP contribution in [-0.2, 0) is 11.2 Å². The van der Waals surface area contributed by atoms with Crippen molar-refractivity contribution in [3.05, 3.63) is 43.7 Å². The van der Waals surface area contributed by atoms with E-state index in [0.717, 1.165) is 47.9 Å². The molecule has 0 spiro atoms. The Hall–Kier alpha value is -1.80. The molecule has 5 rings (SSSR count). The third-order valence-corrected chi connectivity index (χ3v) is 10.1. The topological polar surface area (TPSA) is 91.7 Å². The fourth-order valence-electron chi connectivity index (χ4n) is 7.21. The van der Waals surface area contributed by atoms with Gasteiger partial charge in [-0.25, -0.2) is 4.98 Å². The number of fused-ring (bicyclic) bond motifs is 5. The Morgan fingerprint density at radius 2 is 2.21 bits per heavy atom. The number of halogens is 1. The molecule has 0 saturated heterocycles. The largest absolute Gasteiger partial charge is 0.507 e. The quantitative estimate of drug-likeness (QED) is 0.427. The Labute approximate surface area is 206 Å². The van der Waals surface area contributed by atoms with Crippen molar-refractivity contribution in [2.45, 2.75) is 70.8 Å². The number of benzene rings is 1. The van der Waals surface area contributed by atoms with E-state index in [4.69, 9.17) is 0 Å². The van der Waals surface area contributed by atoms with Crippen LogP contribution in [0.5, 0.6) is 5.75 Å². The zero-order valence-electron chi connectivity index (χ0n) is 19.0. The number of hydrogen-bond donors (Lipinski definition) is 2. The summed E-state index contributed by atoms with van der Waals surface area (Å²) in [5.41, 5.74) is 2.50. The minimum Gasteiger partial charge on any atom is -0.507 e. The Balaban J connectivity index is 1.37. The summed E-state index contributed by atoms with van der Waals surface area (Å²) in [6.45, 7) is 4.24. The van der Waals surface area contributed by atoms with Gasteiger partial charge in [0.15, 0.2) is 5.13 Å². The number of carbonyl (C=O) groups excluding carboxylic acids is 1. The smallest absolute Gasteiger partial charge is 0.226 e. The zero-order valence-corrected chi connectivity index (χ0v) is 21.4. The molecule has 1 heterocycles. The number of amides is 1. The lowest BCUT2D eigenvalue weighted by atomic mass is 9.53. The molecule has 8 heteroatoms. The number of nitrogens with one attached hydrogen (secondary N) is 1. The summed E-state index contributed by atoms with van der Waals surface area (Å²) in [6.07, 6.45) is 7.80. The minimum atomic E-state index is -0.175. The maximum Gasteiger partial charge on any atom is 0.226 e. The first-order chi connectivity index (χ1) is 15.8. The first-order valence-corrected chi connectivity index (χ1v) is 13.5. The molecular weight excluding hydrogens is 502 g/mol. The van der Waals surface area contributed by atoms with Gasteiger partial charge in [0.05, 0.1) is 10.5 Å². The second-order valence-corrected chi connectivity index (χ2v) is 12.5. The highest BCUT2D eigenvalue weighted by Gasteiger charge is 2.59. The van der Waals surface area contributed by atoms with Gasteiger partial charge in [-0.2, -0.15) is 4.91 Å². The summed E-state index contributed by atoms with van der Waals surface area (Å²) < 4.78 is 0.750. The molecule has 0 bridgehead atoms. The predicted octanol–water partition coefficient (Wildman–Crippen LogP) is 6.56. The molecule has 6 nitrogen and oxygen atoms in total. The highest BCUT2D eigenvalue weighted by atomic mass is 79.9. The molecule has 3 aliphatic carbocycles. The SMILES string of the molecule is Cc1cnc(NC(=O)CCC2CC(N=O)C3(C)CCC4c5cc(Br)c(O)cc5CCC4C23)s1. The molecular formula is C25H30BrN3O3S. The second-order valence-electron chi connectivity index (χ2n) is 10.4. The summed E-state index contributed by atoms with van der Waals surface area (Å²) in [5.74, 6) is 1.91. The van der Waals surface area contributed by atoms with Crippen LogP contribution in [0.1, 0.15) is 67.4 Å². The van der Waals surface area contributed by atoms with Gasteiger partial charge < -0.3 is 10.4 Å². The number of nitrogens with zero attached hydrogens (tertiary/aromatic N) is 2. The van der Waals surface area contributed by atoms with Crippen molar-refractivity contribution < 1.29 is 9.90 Å². The Bertz CT molecular complexity index is 1090. The number of aromatic nitrogens is 1. The summed E-state index contributed by atoms with van der Waals surface area (Å²) in [7, 11) is 0. The summed E-state index contributed by atoms with van der Waals surface area (Å²) in [6, 6.07) is 3.84. The maximum atomic E-state index is 12.6. The Morgan fingerprint density at radius 1 is 1.39 bits per heavy atom. The molecule has 2 aromatic rings. The molecule has 2 saturated carbocycles. The molecule has 33 heavy (non-hydrogen) atoms. The molecule has 2 N–H and O–H groups in total. The number of rotatable bonds is 5. The van der Waals surface area contributed by atoms with Crippen molar-refractivity contribution in [1.29, 1.82) is 0 Å². The van der Waals surface area contributed by atoms with E-state index >= 15 is 0 Å². The molecule has 6 unspecified atom stereocenters. The summed E-state index contributed by atoms with van der Waals surface area (Å²) >= 11 is 4.99. The fourth-order valence-corrected chi connectivity index (χ4v) is 8.25. The molecule has 3 aliphatic rings. The highest BCUT2D eigenvalue weighted by molar-refractivity contribution is 9.10. The van der Waals surface area contributed by atoms with E-state index in [-0.39, 0.29) is 17.4 Å². The molecule has 1 aromatic carbocycles. The van der Waals surface area contributed by atoms with E-state index in [1.807, 2.05) is 13.0 Å². The first kappa shape index (κ1) is 23.0. The van der Waals surface area contributed by atoms with Gasteiger partial charge in [-0.05, 0) is 114 Å². The van der Waals surface area contributed by atoms with E-state index < -0.39 is 0 Å². The maximum absolute atomic E-state index is 12.6. The van der Waals surface area contributed by atoms with Crippen LogP contribution >= 0.6 is 27.3 Å². The molecule has 0 radical (unpaired) electrons. The summed E-state index contributed by atoms with van der Waals surface area (Å²) in [5, 5.41) is 17.3. The number of aromatic hydroxyl groups is 1. The third-order valence-electron chi connectivity index (χ3n) is 8.62. The lowest BCUT2D eigenvalue weighted by molar-refractivity contribution is -0.116. The van der Waals surface area contributed by atoms with Crippen molar-refractivity contribution >= 4 is 38.3 Å². The van der Waals surface area contributed by atoms with E-state index in [2.05, 4.69) is 44.4 Å². The number of nitroso groups, excluding NO2 is 1. The number of anilines is 1. The Kier molecular flexibility index (Phi) is 6.10. The average Bonchev–Trinajstić information content (AvgIpc) is 3.32. The van der Waals surface area contributed by atoms with Crippen LogP contribution < -0.4 is 5.32 Å². The van der Waals surface area contributed by atoms with Gasteiger partial charge in [0.2, 0.25) is 5.91 Å². The Morgan fingerprint density at radius 3 is 2.94 bits per heavy atom. The number of phenols is 1. The minimum absolute atomic E-state index is 0.00526. The van der Waals surface area contributed by atoms with Gasteiger partial charge in [-0.15, -0.1) is 11.3 Å². The highest BCUT2D eigenvalue weighted by Crippen LogP contribution is 2.64. The molecule has 1 aromatic heterocycles. The van der Waals surface area contributed by atoms with Crippen molar-refractivity contribution in [2.75, 3.05) is 5.32 Å². The van der Waals surface area contributed by atoms with Crippen LogP contribution in [0.15, 0.2) is 28.0 Å². The summed E-state index contributed by atoms with van der Waals surface area (Å²) in [4.78, 5) is 29.8. The predicted molar refractivity (Wildman–Crippen MR) is 134 cm³/mol. The molecule has 176 valence electrons.